The standard InChI is InChI=1S/C37H38F3N11O3/c1-3-32(25(2)52)51-35(53)50(24-44-51)34-15-13-29(21-42-34)48-18-16-47(17-19-48)28-11-8-26(9-12-28)27-10-14-33(41-20-27)37(39,40)36(54,22-49-23-43-45-46-49)30-6-4-5-7-31(30)38/h4-15,20-21,23-25,32,52,54H,3,16-19,22H2,1-2H3/t25-,32-,36-/m0/s1. The Labute approximate surface area is 307 Å². The molecule has 2 N–H and O–H groups in total. The Hall–Kier alpha value is -5.94. The number of aromatic nitrogens is 9. The summed E-state index contributed by atoms with van der Waals surface area (Å²) in [4.78, 5) is 26.0. The molecule has 1 aliphatic rings. The molecule has 0 radical (unpaired) electrons. The lowest BCUT2D eigenvalue weighted by molar-refractivity contribution is -0.207. The second-order valence-corrected chi connectivity index (χ2v) is 13.2. The number of anilines is 2. The first-order valence-electron chi connectivity index (χ1n) is 17.4. The third-order valence-electron chi connectivity index (χ3n) is 9.88. The Morgan fingerprint density at radius 1 is 0.852 bits per heavy atom. The number of tetrazole rings is 1. The van der Waals surface area contributed by atoms with Gasteiger partial charge in [0, 0.05) is 49.2 Å². The predicted molar refractivity (Wildman–Crippen MR) is 193 cm³/mol. The highest BCUT2D eigenvalue weighted by Crippen LogP contribution is 2.46. The molecule has 3 atom stereocenters. The van der Waals surface area contributed by atoms with E-state index in [1.807, 2.05) is 37.3 Å². The number of halogens is 3. The van der Waals surface area contributed by atoms with Crippen molar-refractivity contribution >= 4 is 11.4 Å². The number of benzene rings is 2. The van der Waals surface area contributed by atoms with E-state index in [4.69, 9.17) is 0 Å². The van der Waals surface area contributed by atoms with E-state index >= 15 is 8.78 Å². The van der Waals surface area contributed by atoms with Crippen LogP contribution in [0.5, 0.6) is 0 Å². The average Bonchev–Trinajstić information content (AvgIpc) is 3.84. The van der Waals surface area contributed by atoms with E-state index in [2.05, 4.69) is 40.4 Å². The summed E-state index contributed by atoms with van der Waals surface area (Å²) in [5.74, 6) is -4.60. The lowest BCUT2D eigenvalue weighted by Crippen LogP contribution is -2.48. The van der Waals surface area contributed by atoms with Crippen molar-refractivity contribution in [1.82, 2.24) is 44.5 Å². The van der Waals surface area contributed by atoms with E-state index < -0.39 is 47.3 Å². The van der Waals surface area contributed by atoms with Crippen molar-refractivity contribution < 1.29 is 23.4 Å². The fourth-order valence-corrected chi connectivity index (χ4v) is 6.81. The van der Waals surface area contributed by atoms with Crippen LogP contribution in [0.25, 0.3) is 16.9 Å². The van der Waals surface area contributed by atoms with Gasteiger partial charge in [0.2, 0.25) is 0 Å². The Bertz CT molecular complexity index is 2220. The van der Waals surface area contributed by atoms with Crippen molar-refractivity contribution in [3.05, 3.63) is 125 Å². The molecule has 1 aliphatic heterocycles. The molecule has 1 saturated heterocycles. The minimum absolute atomic E-state index is 0.361. The van der Waals surface area contributed by atoms with Gasteiger partial charge in [-0.05, 0) is 65.7 Å². The molecular weight excluding hydrogens is 703 g/mol. The third kappa shape index (κ3) is 6.82. The SMILES string of the molecule is CC[C@@H]([C@H](C)O)n1ncn(-c2ccc(N3CCN(c4ccc(-c5ccc(C(F)(F)[C@](O)(Cn6cnnn6)c6ccccc6F)nc5)cc4)CC3)cn2)c1=O. The molecule has 0 bridgehead atoms. The smallest absolute Gasteiger partial charge is 0.351 e. The lowest BCUT2D eigenvalue weighted by Gasteiger charge is -2.37. The summed E-state index contributed by atoms with van der Waals surface area (Å²) in [5, 5.41) is 36.2. The maximum absolute atomic E-state index is 16.2. The third-order valence-corrected chi connectivity index (χ3v) is 9.88. The van der Waals surface area contributed by atoms with Crippen LogP contribution < -0.4 is 15.5 Å². The number of hydrogen-bond donors (Lipinski definition) is 2. The molecule has 4 aromatic heterocycles. The van der Waals surface area contributed by atoms with Crippen LogP contribution in [0.3, 0.4) is 0 Å². The highest BCUT2D eigenvalue weighted by Gasteiger charge is 2.57. The van der Waals surface area contributed by atoms with Gasteiger partial charge in [-0.25, -0.2) is 28.1 Å². The number of alkyl halides is 2. The highest BCUT2D eigenvalue weighted by molar-refractivity contribution is 5.66. The van der Waals surface area contributed by atoms with Crippen molar-refractivity contribution in [1.29, 1.82) is 0 Å². The van der Waals surface area contributed by atoms with Gasteiger partial charge in [-0.15, -0.1) is 5.10 Å². The molecule has 14 nitrogen and oxygen atoms in total. The van der Waals surface area contributed by atoms with Gasteiger partial charge in [-0.2, -0.15) is 13.9 Å². The molecular formula is C37H38F3N11O3. The van der Waals surface area contributed by atoms with Gasteiger partial charge >= 0.3 is 11.6 Å². The Morgan fingerprint density at radius 3 is 2.13 bits per heavy atom. The summed E-state index contributed by atoms with van der Waals surface area (Å²) in [6.45, 7) is 5.66. The lowest BCUT2D eigenvalue weighted by atomic mass is 9.84. The molecule has 0 amide bonds. The molecule has 0 unspecified atom stereocenters. The van der Waals surface area contributed by atoms with Crippen LogP contribution in [-0.2, 0) is 18.1 Å². The molecule has 7 rings (SSSR count). The summed E-state index contributed by atoms with van der Waals surface area (Å²) in [7, 11) is 0. The molecule has 0 saturated carbocycles. The van der Waals surface area contributed by atoms with Gasteiger partial charge in [0.15, 0.2) is 5.60 Å². The maximum atomic E-state index is 16.2. The monoisotopic (exact) mass is 741 g/mol. The molecule has 280 valence electrons. The van der Waals surface area contributed by atoms with Gasteiger partial charge in [-0.1, -0.05) is 43.3 Å². The summed E-state index contributed by atoms with van der Waals surface area (Å²) in [6, 6.07) is 18.4. The molecule has 0 aliphatic carbocycles. The second kappa shape index (κ2) is 14.8. The number of pyridine rings is 2. The van der Waals surface area contributed by atoms with E-state index in [9.17, 15) is 19.4 Å². The van der Waals surface area contributed by atoms with Crippen LogP contribution in [0.4, 0.5) is 24.5 Å². The summed E-state index contributed by atoms with van der Waals surface area (Å²) < 4.78 is 50.7. The molecule has 54 heavy (non-hydrogen) atoms. The van der Waals surface area contributed by atoms with Crippen LogP contribution in [0, 0.1) is 5.82 Å². The van der Waals surface area contributed by atoms with Crippen LogP contribution in [0.2, 0.25) is 0 Å². The van der Waals surface area contributed by atoms with E-state index in [0.717, 1.165) is 72.3 Å². The summed E-state index contributed by atoms with van der Waals surface area (Å²) in [5.41, 5.74) is -1.51. The van der Waals surface area contributed by atoms with Crippen LogP contribution in [0.15, 0.2) is 103 Å². The molecule has 5 heterocycles. The van der Waals surface area contributed by atoms with Crippen molar-refractivity contribution in [2.45, 2.75) is 50.5 Å². The average molecular weight is 742 g/mol. The minimum atomic E-state index is -4.04. The Morgan fingerprint density at radius 2 is 1.54 bits per heavy atom. The van der Waals surface area contributed by atoms with Crippen molar-refractivity contribution in [2.24, 2.45) is 0 Å². The zero-order valence-electron chi connectivity index (χ0n) is 29.5. The highest BCUT2D eigenvalue weighted by atomic mass is 19.3. The molecule has 17 heteroatoms. The molecule has 2 aromatic carbocycles. The summed E-state index contributed by atoms with van der Waals surface area (Å²) >= 11 is 0. The Balaban J connectivity index is 1.000. The zero-order valence-corrected chi connectivity index (χ0v) is 29.5. The topological polar surface area (TPSA) is 156 Å². The first kappa shape index (κ1) is 36.4. The van der Waals surface area contributed by atoms with Gasteiger partial charge in [0.05, 0.1) is 30.6 Å². The van der Waals surface area contributed by atoms with Crippen LogP contribution >= 0.6 is 0 Å². The van der Waals surface area contributed by atoms with Crippen LogP contribution in [0.1, 0.15) is 37.6 Å². The molecule has 0 spiro atoms. The van der Waals surface area contributed by atoms with E-state index in [-0.39, 0.29) is 5.69 Å². The largest absolute Gasteiger partial charge is 0.391 e. The number of aliphatic hydroxyl groups excluding tert-OH is 1. The van der Waals surface area contributed by atoms with E-state index in [1.165, 1.54) is 40.0 Å². The van der Waals surface area contributed by atoms with Gasteiger partial charge in [-0.3, -0.25) is 4.98 Å². The second-order valence-electron chi connectivity index (χ2n) is 13.2. The minimum Gasteiger partial charge on any atom is -0.391 e. The number of aliphatic hydroxyl groups is 2. The van der Waals surface area contributed by atoms with Gasteiger partial charge in [0.1, 0.15) is 30.0 Å². The van der Waals surface area contributed by atoms with Crippen molar-refractivity contribution in [3.63, 3.8) is 0 Å². The van der Waals surface area contributed by atoms with Gasteiger partial charge < -0.3 is 20.0 Å². The van der Waals surface area contributed by atoms with E-state index in [0.29, 0.717) is 17.8 Å². The van der Waals surface area contributed by atoms with E-state index in [1.54, 1.807) is 19.2 Å². The fourth-order valence-electron chi connectivity index (χ4n) is 6.81. The molecule has 1 fully saturated rings. The predicted octanol–water partition coefficient (Wildman–Crippen LogP) is 3.95. The number of nitrogens with zero attached hydrogens (tertiary/aromatic N) is 11. The zero-order chi connectivity index (χ0) is 38.0. The van der Waals surface area contributed by atoms with Gasteiger partial charge in [0.25, 0.3) is 0 Å². The Kier molecular flexibility index (Phi) is 10.00. The fraction of sp³-hybridized carbons (Fsp3) is 0.324. The number of hydrogen-bond acceptors (Lipinski definition) is 11. The first-order chi connectivity index (χ1) is 26.0. The number of rotatable bonds is 12. The first-order valence-corrected chi connectivity index (χ1v) is 17.4. The quantitative estimate of drug-likeness (QED) is 0.187. The summed E-state index contributed by atoms with van der Waals surface area (Å²) in [6.07, 6.45) is 5.36. The molecule has 6 aromatic rings. The van der Waals surface area contributed by atoms with Crippen LogP contribution in [-0.4, -0.2) is 87.0 Å². The van der Waals surface area contributed by atoms with Crippen molar-refractivity contribution in [3.8, 4) is 16.9 Å². The maximum Gasteiger partial charge on any atom is 0.351 e. The van der Waals surface area contributed by atoms with Crippen molar-refractivity contribution in [2.75, 3.05) is 36.0 Å². The number of piperazine rings is 1. The normalized spacial score (nSPS) is 15.9.